The first-order valence-electron chi connectivity index (χ1n) is 12.5. The Morgan fingerprint density at radius 2 is 1.97 bits per heavy atom. The summed E-state index contributed by atoms with van der Waals surface area (Å²) >= 11 is 6.74. The molecular weight excluding hydrogens is 480 g/mol. The lowest BCUT2D eigenvalue weighted by atomic mass is 9.66. The van der Waals surface area contributed by atoms with Crippen molar-refractivity contribution in [3.63, 3.8) is 0 Å². The fourth-order valence-corrected chi connectivity index (χ4v) is 4.89. The molecule has 7 nitrogen and oxygen atoms in total. The summed E-state index contributed by atoms with van der Waals surface area (Å²) in [5.74, 6) is -0.907. The standard InChI is InChI=1S/C28H43ClN2O5/c1-18(24(33)35-8)12-14-30-25(34)31-28(17-36-27(6,7)19(2)22(28)16-32)21-10-9-20(23(29)15-21)11-13-26(3,4)5/h9-10,15,19,22,32H,1,11-14,16-17H2,2-8H3,(H2,30,31,34). The van der Waals surface area contributed by atoms with Crippen LogP contribution >= 0.6 is 11.6 Å². The second-order valence-corrected chi connectivity index (χ2v) is 11.9. The van der Waals surface area contributed by atoms with Gasteiger partial charge in [-0.25, -0.2) is 9.59 Å². The van der Waals surface area contributed by atoms with E-state index in [4.69, 9.17) is 16.3 Å². The molecule has 1 aromatic carbocycles. The lowest BCUT2D eigenvalue weighted by molar-refractivity contribution is -0.168. The van der Waals surface area contributed by atoms with E-state index in [2.05, 4.69) is 42.7 Å². The molecule has 1 aliphatic heterocycles. The van der Waals surface area contributed by atoms with E-state index in [0.29, 0.717) is 5.02 Å². The molecule has 0 spiro atoms. The van der Waals surface area contributed by atoms with Gasteiger partial charge < -0.3 is 25.2 Å². The predicted octanol–water partition coefficient (Wildman–Crippen LogP) is 4.99. The average Bonchev–Trinajstić information content (AvgIpc) is 2.79. The number of ether oxygens (including phenoxy) is 2. The Hall–Kier alpha value is -2.09. The highest BCUT2D eigenvalue weighted by molar-refractivity contribution is 6.31. The number of aryl methyl sites for hydroxylation is 1. The molecule has 1 aromatic rings. The summed E-state index contributed by atoms with van der Waals surface area (Å²) in [7, 11) is 1.29. The number of esters is 1. The van der Waals surface area contributed by atoms with Crippen molar-refractivity contribution in [1.82, 2.24) is 10.6 Å². The first-order chi connectivity index (χ1) is 16.7. The number of nitrogens with one attached hydrogen (secondary N) is 2. The molecule has 1 aliphatic rings. The van der Waals surface area contributed by atoms with Gasteiger partial charge in [0.25, 0.3) is 0 Å². The molecule has 0 bridgehead atoms. The van der Waals surface area contributed by atoms with Crippen molar-refractivity contribution < 1.29 is 24.2 Å². The average molecular weight is 523 g/mol. The molecule has 1 fully saturated rings. The van der Waals surface area contributed by atoms with Crippen LogP contribution in [0.2, 0.25) is 5.02 Å². The van der Waals surface area contributed by atoms with Crippen molar-refractivity contribution in [2.24, 2.45) is 17.3 Å². The van der Waals surface area contributed by atoms with Gasteiger partial charge in [0.15, 0.2) is 0 Å². The van der Waals surface area contributed by atoms with E-state index in [-0.39, 0.29) is 49.0 Å². The number of aliphatic hydroxyl groups excluding tert-OH is 1. The summed E-state index contributed by atoms with van der Waals surface area (Å²) in [6.45, 7) is 16.5. The number of benzene rings is 1. The van der Waals surface area contributed by atoms with E-state index >= 15 is 0 Å². The fourth-order valence-electron chi connectivity index (χ4n) is 4.62. The zero-order valence-corrected chi connectivity index (χ0v) is 23.6. The first-order valence-corrected chi connectivity index (χ1v) is 12.9. The Morgan fingerprint density at radius 3 is 2.53 bits per heavy atom. The molecule has 0 saturated carbocycles. The van der Waals surface area contributed by atoms with Gasteiger partial charge in [-0.1, -0.05) is 58.0 Å². The number of methoxy groups -OCH3 is 1. The van der Waals surface area contributed by atoms with Crippen molar-refractivity contribution in [1.29, 1.82) is 0 Å². The zero-order valence-electron chi connectivity index (χ0n) is 22.8. The van der Waals surface area contributed by atoms with E-state index < -0.39 is 23.1 Å². The number of amides is 2. The van der Waals surface area contributed by atoms with Crippen molar-refractivity contribution in [2.45, 2.75) is 71.9 Å². The maximum atomic E-state index is 13.1. The molecule has 0 radical (unpaired) electrons. The van der Waals surface area contributed by atoms with Crippen LogP contribution in [0.3, 0.4) is 0 Å². The van der Waals surface area contributed by atoms with Crippen LogP contribution in [-0.2, 0) is 26.2 Å². The van der Waals surface area contributed by atoms with Crippen LogP contribution in [0.15, 0.2) is 30.4 Å². The molecule has 8 heteroatoms. The highest BCUT2D eigenvalue weighted by atomic mass is 35.5. The molecule has 2 amide bonds. The Bertz CT molecular complexity index is 956. The maximum Gasteiger partial charge on any atom is 0.333 e. The lowest BCUT2D eigenvalue weighted by Gasteiger charge is -2.53. The molecule has 3 atom stereocenters. The van der Waals surface area contributed by atoms with Gasteiger partial charge in [0.1, 0.15) is 0 Å². The van der Waals surface area contributed by atoms with E-state index in [1.165, 1.54) is 7.11 Å². The highest BCUT2D eigenvalue weighted by Crippen LogP contribution is 2.46. The molecule has 0 aromatic heterocycles. The van der Waals surface area contributed by atoms with E-state index in [9.17, 15) is 14.7 Å². The second-order valence-electron chi connectivity index (χ2n) is 11.5. The van der Waals surface area contributed by atoms with Gasteiger partial charge in [-0.2, -0.15) is 0 Å². The van der Waals surface area contributed by atoms with E-state index in [1.54, 1.807) is 0 Å². The van der Waals surface area contributed by atoms with Crippen LogP contribution in [0.1, 0.15) is 65.5 Å². The summed E-state index contributed by atoms with van der Waals surface area (Å²) in [5.41, 5.74) is 0.796. The largest absolute Gasteiger partial charge is 0.466 e. The fraction of sp³-hybridized carbons (Fsp3) is 0.643. The molecule has 3 unspecified atom stereocenters. The molecule has 1 heterocycles. The van der Waals surface area contributed by atoms with Gasteiger partial charge in [0.2, 0.25) is 0 Å². The number of urea groups is 1. The second kappa shape index (κ2) is 12.0. The summed E-state index contributed by atoms with van der Waals surface area (Å²) in [6.07, 6.45) is 2.09. The number of hydrogen-bond acceptors (Lipinski definition) is 5. The van der Waals surface area contributed by atoms with Gasteiger partial charge >= 0.3 is 12.0 Å². The van der Waals surface area contributed by atoms with Crippen LogP contribution in [0.5, 0.6) is 0 Å². The minimum atomic E-state index is -1.00. The van der Waals surface area contributed by atoms with Crippen LogP contribution in [0, 0.1) is 17.3 Å². The summed E-state index contributed by atoms with van der Waals surface area (Å²) in [4.78, 5) is 24.6. The smallest absolute Gasteiger partial charge is 0.333 e. The third kappa shape index (κ3) is 7.24. The molecule has 36 heavy (non-hydrogen) atoms. The Kier molecular flexibility index (Phi) is 10.0. The van der Waals surface area contributed by atoms with Crippen molar-refractivity contribution in [3.8, 4) is 0 Å². The number of aliphatic hydroxyl groups is 1. The number of rotatable bonds is 9. The maximum absolute atomic E-state index is 13.1. The third-order valence-electron chi connectivity index (χ3n) is 7.44. The Labute approximate surface area is 221 Å². The minimum absolute atomic E-state index is 0.0741. The molecule has 1 saturated heterocycles. The third-order valence-corrected chi connectivity index (χ3v) is 7.79. The number of carbonyl (C=O) groups excluding carboxylic acids is 2. The number of hydrogen-bond donors (Lipinski definition) is 3. The van der Waals surface area contributed by atoms with Crippen LogP contribution in [0.25, 0.3) is 0 Å². The van der Waals surface area contributed by atoms with Gasteiger partial charge in [-0.3, -0.25) is 0 Å². The quantitative estimate of drug-likeness (QED) is 0.314. The summed E-state index contributed by atoms with van der Waals surface area (Å²) < 4.78 is 10.9. The molecule has 202 valence electrons. The van der Waals surface area contributed by atoms with Crippen LogP contribution in [0.4, 0.5) is 4.79 Å². The van der Waals surface area contributed by atoms with Gasteiger partial charge in [-0.15, -0.1) is 0 Å². The Morgan fingerprint density at radius 1 is 1.31 bits per heavy atom. The van der Waals surface area contributed by atoms with Crippen molar-refractivity contribution >= 4 is 23.6 Å². The summed E-state index contributed by atoms with van der Waals surface area (Å²) in [6, 6.07) is 5.43. The van der Waals surface area contributed by atoms with Crippen molar-refractivity contribution in [2.75, 3.05) is 26.9 Å². The lowest BCUT2D eigenvalue weighted by Crippen LogP contribution is -2.65. The molecule has 2 rings (SSSR count). The first kappa shape index (κ1) is 30.1. The number of carbonyl (C=O) groups is 2. The van der Waals surface area contributed by atoms with Crippen LogP contribution in [-0.4, -0.2) is 49.6 Å². The van der Waals surface area contributed by atoms with Crippen LogP contribution < -0.4 is 10.6 Å². The highest BCUT2D eigenvalue weighted by Gasteiger charge is 2.53. The minimum Gasteiger partial charge on any atom is -0.466 e. The zero-order chi connectivity index (χ0) is 27.3. The normalized spacial score (nSPS) is 23.6. The van der Waals surface area contributed by atoms with Crippen molar-refractivity contribution in [3.05, 3.63) is 46.5 Å². The Balaban J connectivity index is 2.35. The molecular formula is C28H43ClN2O5. The van der Waals surface area contributed by atoms with E-state index in [1.807, 2.05) is 39.0 Å². The topological polar surface area (TPSA) is 96.9 Å². The molecule has 0 aliphatic carbocycles. The van der Waals surface area contributed by atoms with Gasteiger partial charge in [-0.05, 0) is 61.6 Å². The summed E-state index contributed by atoms with van der Waals surface area (Å²) in [5, 5.41) is 17.0. The molecule has 3 N–H and O–H groups in total. The SMILES string of the molecule is C=C(CCNC(=O)NC1(c2ccc(CCC(C)(C)C)c(Cl)c2)COC(C)(C)C(C)C1CO)C(=O)OC. The van der Waals surface area contributed by atoms with Gasteiger partial charge in [0, 0.05) is 29.7 Å². The monoisotopic (exact) mass is 522 g/mol. The number of halogens is 1. The van der Waals surface area contributed by atoms with E-state index in [0.717, 1.165) is 24.0 Å². The predicted molar refractivity (Wildman–Crippen MR) is 143 cm³/mol. The van der Waals surface area contributed by atoms with Gasteiger partial charge in [0.05, 0.1) is 24.9 Å².